The lowest BCUT2D eigenvalue weighted by atomic mass is 10.1. The Hall–Kier alpha value is -5.26. The fourth-order valence-electron chi connectivity index (χ4n) is 6.60. The molecule has 0 saturated carbocycles. The van der Waals surface area contributed by atoms with Gasteiger partial charge in [0.15, 0.2) is 24.7 Å². The number of phosphoric ester groups is 2. The number of aliphatic hydroxyl groups is 2. The maximum atomic E-state index is 13.2. The summed E-state index contributed by atoms with van der Waals surface area (Å²) in [5.41, 5.74) is 3.00. The molecular weight excluding hydrogens is 1010 g/mol. The van der Waals surface area contributed by atoms with E-state index in [-0.39, 0.29) is 22.6 Å². The van der Waals surface area contributed by atoms with Crippen LogP contribution in [0.2, 0.25) is 0 Å². The minimum atomic E-state index is -6.38. The Morgan fingerprint density at radius 2 is 1.10 bits per heavy atom. The number of esters is 2. The highest BCUT2D eigenvalue weighted by Gasteiger charge is 2.52. The van der Waals surface area contributed by atoms with Crippen LogP contribution in [0.15, 0.2) is 87.4 Å². The van der Waals surface area contributed by atoms with Crippen molar-refractivity contribution in [2.24, 2.45) is 0 Å². The third kappa shape index (κ3) is 13.1. The van der Waals surface area contributed by atoms with E-state index in [9.17, 15) is 72.0 Å². The van der Waals surface area contributed by atoms with E-state index >= 15 is 0 Å². The average Bonchev–Trinajstić information content (AvgIpc) is 3.74. The quantitative estimate of drug-likeness (QED) is 0.0408. The molecule has 2 aliphatic rings. The van der Waals surface area contributed by atoms with Crippen LogP contribution in [-0.2, 0) is 59.2 Å². The number of hydrogen-bond donors (Lipinski definition) is 10. The number of aromatic amines is 1. The number of hydrogen-bond acceptors (Lipinski definition) is 24. The zero-order chi connectivity index (χ0) is 50.6. The highest BCUT2D eigenvalue weighted by molar-refractivity contribution is 7.69. The summed E-state index contributed by atoms with van der Waals surface area (Å²) in [6, 6.07) is 13.9. The molecule has 12 atom stereocenters. The molecule has 376 valence electrons. The summed E-state index contributed by atoms with van der Waals surface area (Å²) >= 11 is 0. The van der Waals surface area contributed by atoms with Crippen molar-refractivity contribution in [2.75, 3.05) is 43.7 Å². The summed E-state index contributed by atoms with van der Waals surface area (Å²) in [7, 11) is -21.7. The van der Waals surface area contributed by atoms with E-state index in [1.165, 1.54) is 50.5 Å². The molecule has 0 spiro atoms. The highest BCUT2D eigenvalue weighted by Crippen LogP contribution is 2.71. The molecule has 6 rings (SSSR count). The first-order chi connectivity index (χ1) is 32.3. The lowest BCUT2D eigenvalue weighted by molar-refractivity contribution is -0.0596. The zero-order valence-electron chi connectivity index (χ0n) is 35.2. The number of H-pyrrole nitrogens is 1. The average molecular weight is 1060 g/mol. The van der Waals surface area contributed by atoms with Gasteiger partial charge in [0, 0.05) is 43.9 Å². The first kappa shape index (κ1) is 53.1. The number of anilines is 3. The number of para-hydroxylation sites is 2. The lowest BCUT2D eigenvalue weighted by Crippen LogP contribution is -2.40. The van der Waals surface area contributed by atoms with E-state index in [4.69, 9.17) is 24.7 Å². The van der Waals surface area contributed by atoms with Crippen LogP contribution in [0.25, 0.3) is 0 Å². The van der Waals surface area contributed by atoms with Gasteiger partial charge in [0.05, 0.1) is 24.3 Å². The fourth-order valence-corrected chi connectivity index (χ4v) is 11.5. The lowest BCUT2D eigenvalue weighted by Gasteiger charge is -2.22. The van der Waals surface area contributed by atoms with E-state index in [2.05, 4.69) is 37.6 Å². The molecule has 69 heavy (non-hydrogen) atoms. The predicted molar refractivity (Wildman–Crippen MR) is 229 cm³/mol. The minimum Gasteiger partial charge on any atom is -0.451 e. The fraction of sp³-hybridized carbons (Fsp3) is 0.353. The van der Waals surface area contributed by atoms with Crippen LogP contribution in [0.1, 0.15) is 33.2 Å². The highest BCUT2D eigenvalue weighted by atomic mass is 31.3. The number of nitrogen functional groups attached to an aromatic ring is 1. The Morgan fingerprint density at radius 3 is 1.54 bits per heavy atom. The number of aromatic nitrogens is 4. The number of phosphoric acid groups is 4. The molecule has 4 aromatic rings. The zero-order valence-corrected chi connectivity index (χ0v) is 38.8. The second-order valence-electron chi connectivity index (χ2n) is 14.2. The Labute approximate surface area is 385 Å². The summed E-state index contributed by atoms with van der Waals surface area (Å²) < 4.78 is 95.6. The molecule has 2 saturated heterocycles. The summed E-state index contributed by atoms with van der Waals surface area (Å²) in [5.74, 6) is -2.34. The van der Waals surface area contributed by atoms with Crippen molar-refractivity contribution in [3.8, 4) is 0 Å². The van der Waals surface area contributed by atoms with Gasteiger partial charge in [-0.2, -0.15) is 17.9 Å². The van der Waals surface area contributed by atoms with Gasteiger partial charge in [0.1, 0.15) is 30.2 Å². The molecule has 0 amide bonds. The summed E-state index contributed by atoms with van der Waals surface area (Å²) in [5, 5.41) is 27.8. The molecule has 0 bridgehead atoms. The molecule has 2 fully saturated rings. The van der Waals surface area contributed by atoms with Crippen LogP contribution in [0.4, 0.5) is 17.2 Å². The van der Waals surface area contributed by atoms with Crippen molar-refractivity contribution in [2.45, 2.75) is 49.1 Å². The number of nitrogens with two attached hydrogens (primary N) is 1. The van der Waals surface area contributed by atoms with E-state index in [0.29, 0.717) is 10.3 Å². The van der Waals surface area contributed by atoms with Crippen molar-refractivity contribution >= 4 is 60.4 Å². The van der Waals surface area contributed by atoms with Crippen LogP contribution < -0.4 is 33.3 Å². The smallest absolute Gasteiger partial charge is 0.451 e. The monoisotopic (exact) mass is 1060 g/mol. The molecule has 35 heteroatoms. The number of carbonyl (C=O) groups excluding carboxylic acids is 2. The first-order valence-electron chi connectivity index (χ1n) is 19.4. The second kappa shape index (κ2) is 21.4. The van der Waals surface area contributed by atoms with E-state index in [1.54, 1.807) is 12.1 Å². The van der Waals surface area contributed by atoms with Gasteiger partial charge in [-0.3, -0.25) is 28.0 Å². The number of benzene rings is 2. The second-order valence-corrected chi connectivity index (χ2v) is 20.4. The van der Waals surface area contributed by atoms with Gasteiger partial charge >= 0.3 is 54.6 Å². The van der Waals surface area contributed by atoms with Crippen molar-refractivity contribution in [1.29, 1.82) is 0 Å². The molecule has 2 aromatic carbocycles. The van der Waals surface area contributed by atoms with Crippen molar-refractivity contribution in [1.82, 2.24) is 19.1 Å². The van der Waals surface area contributed by atoms with Crippen LogP contribution in [0.5, 0.6) is 0 Å². The van der Waals surface area contributed by atoms with Crippen LogP contribution in [0, 0.1) is 0 Å². The molecule has 4 heterocycles. The van der Waals surface area contributed by atoms with Gasteiger partial charge < -0.3 is 65.1 Å². The van der Waals surface area contributed by atoms with Crippen molar-refractivity contribution < 1.29 is 98.6 Å². The number of nitrogens with one attached hydrogen (secondary N) is 3. The largest absolute Gasteiger partial charge is 0.490 e. The van der Waals surface area contributed by atoms with Crippen LogP contribution >= 0.6 is 31.3 Å². The standard InChI is InChI=1S/C34H41N7O24P4/c1-36-19-9-5-3-7-17(19)31(45)61-27-25(43)21(59-29(27)40-13-11-23(35)38-33(40)47)15-57-66(49,50)63-68(53,54)65-69(55,56)64-67(51,52)58-16-22-26(44)28(30(60-22)41-14-12-24(42)39-34(41)48)62-32(46)18-8-4-6-10-20(18)37-2/h3-14,21-22,25-30,36-37,43-44H,15-16H2,1-2H3,(H,49,50)(H,51,52)(H,53,54)(H,55,56)(H2,35,38,47)(H,39,42,48)/t21-,22-,25-,26-,27-,28-,29-,30-/m1/s1. The predicted octanol–water partition coefficient (Wildman–Crippen LogP) is -0.0885. The van der Waals surface area contributed by atoms with Crippen molar-refractivity contribution in [3.05, 3.63) is 116 Å². The summed E-state index contributed by atoms with van der Waals surface area (Å²) in [6.07, 6.45) is -12.8. The van der Waals surface area contributed by atoms with Gasteiger partial charge in [-0.1, -0.05) is 24.3 Å². The van der Waals surface area contributed by atoms with Crippen molar-refractivity contribution in [3.63, 3.8) is 0 Å². The first-order valence-corrected chi connectivity index (χ1v) is 25.3. The molecular formula is C34H41N7O24P4. The molecule has 2 aromatic heterocycles. The minimum absolute atomic E-state index is 0.0338. The van der Waals surface area contributed by atoms with E-state index in [0.717, 1.165) is 29.1 Å². The molecule has 4 unspecified atom stereocenters. The maximum absolute atomic E-state index is 13.2. The molecule has 0 radical (unpaired) electrons. The SMILES string of the molecule is CNc1ccccc1C(=O)O[C@@H]1[C@H](O)[C@@H](COP(=O)(O)OP(=O)(O)OP(=O)(O)OP(=O)(O)OC[C@H]2O[C@@H](n3ccc(=O)[nH]c3=O)[C@H](OC(=O)c3ccccc3NC)[C@@H]2O)O[C@H]1n1ccc(N)nc1=O. The number of nitrogens with zero attached hydrogens (tertiary/aromatic N) is 3. The Balaban J connectivity index is 1.09. The third-order valence-electron chi connectivity index (χ3n) is 9.62. The van der Waals surface area contributed by atoms with Gasteiger partial charge in [0.25, 0.3) is 5.56 Å². The van der Waals surface area contributed by atoms with Gasteiger partial charge in [0.2, 0.25) is 0 Å². The molecule has 11 N–H and O–H groups in total. The normalized spacial score (nSPS) is 25.9. The van der Waals surface area contributed by atoms with Gasteiger partial charge in [-0.15, -0.1) is 0 Å². The Morgan fingerprint density at radius 1 is 0.681 bits per heavy atom. The van der Waals surface area contributed by atoms with Crippen LogP contribution in [0.3, 0.4) is 0 Å². The van der Waals surface area contributed by atoms with E-state index in [1.807, 2.05) is 4.98 Å². The Bertz CT molecular complexity index is 2940. The van der Waals surface area contributed by atoms with Gasteiger partial charge in [-0.25, -0.2) is 37.4 Å². The number of rotatable bonds is 20. The summed E-state index contributed by atoms with van der Waals surface area (Å²) in [6.45, 7) is -2.56. The summed E-state index contributed by atoms with van der Waals surface area (Å²) in [4.78, 5) is 110. The Kier molecular flexibility index (Phi) is 16.5. The van der Waals surface area contributed by atoms with E-state index < -0.39 is 122 Å². The maximum Gasteiger partial charge on any atom is 0.490 e. The van der Waals surface area contributed by atoms with Gasteiger partial charge in [-0.05, 0) is 30.3 Å². The topological polar surface area (TPSA) is 447 Å². The van der Waals surface area contributed by atoms with Crippen LogP contribution in [-0.4, -0.2) is 125 Å². The number of carbonyl (C=O) groups is 2. The number of ether oxygens (including phenoxy) is 4. The molecule has 0 aliphatic carbocycles. The molecule has 31 nitrogen and oxygen atoms in total. The third-order valence-corrected chi connectivity index (χ3v) is 15.5. The number of aliphatic hydroxyl groups excluding tert-OH is 2. The molecule has 2 aliphatic heterocycles.